The summed E-state index contributed by atoms with van der Waals surface area (Å²) in [4.78, 5) is 4.76. The van der Waals surface area contributed by atoms with E-state index in [1.807, 2.05) is 18.2 Å². The quantitative estimate of drug-likeness (QED) is 0.192. The van der Waals surface area contributed by atoms with Gasteiger partial charge in [0, 0.05) is 41.6 Å². The third-order valence-corrected chi connectivity index (χ3v) is 7.35. The number of rotatable bonds is 8. The van der Waals surface area contributed by atoms with E-state index in [0.717, 1.165) is 57.5 Å². The van der Waals surface area contributed by atoms with E-state index in [2.05, 4.69) is 83.9 Å². The second kappa shape index (κ2) is 10.8. The number of hydrogen-bond donors (Lipinski definition) is 4. The summed E-state index contributed by atoms with van der Waals surface area (Å²) in [5.74, 6) is -0.277. The first-order chi connectivity index (χ1) is 19.8. The van der Waals surface area contributed by atoms with E-state index in [1.165, 1.54) is 12.1 Å². The minimum absolute atomic E-state index is 0.00909. The van der Waals surface area contributed by atoms with E-state index < -0.39 is 0 Å². The number of nitriles is 1. The molecule has 1 aliphatic carbocycles. The largest absolute Gasteiger partial charge is 0.383 e. The van der Waals surface area contributed by atoms with Crippen molar-refractivity contribution >= 4 is 22.3 Å². The highest BCUT2D eigenvalue weighted by Gasteiger charge is 2.32. The van der Waals surface area contributed by atoms with E-state index >= 15 is 0 Å². The van der Waals surface area contributed by atoms with Crippen LogP contribution in [0.4, 0.5) is 15.8 Å². The van der Waals surface area contributed by atoms with Crippen molar-refractivity contribution in [1.82, 2.24) is 21.0 Å². The average Bonchev–Trinajstić information content (AvgIpc) is 3.71. The molecule has 8 heteroatoms. The van der Waals surface area contributed by atoms with Crippen molar-refractivity contribution in [3.63, 3.8) is 0 Å². The number of aromatic nitrogens is 1. The van der Waals surface area contributed by atoms with Gasteiger partial charge in [0.25, 0.3) is 0 Å². The number of fused-ring (bicyclic) bond motifs is 1. The number of hydrazine groups is 2. The molecule has 0 amide bonds. The molecule has 0 saturated heterocycles. The van der Waals surface area contributed by atoms with Crippen LogP contribution in [-0.4, -0.2) is 22.6 Å². The molecule has 2 heterocycles. The third kappa shape index (κ3) is 5.81. The van der Waals surface area contributed by atoms with Crippen molar-refractivity contribution in [1.29, 1.82) is 5.26 Å². The smallest absolute Gasteiger partial charge is 0.123 e. The molecular weight excluding hydrogens is 513 g/mol. The first-order valence-corrected chi connectivity index (χ1v) is 14.0. The predicted molar refractivity (Wildman–Crippen MR) is 162 cm³/mol. The Hall–Kier alpha value is -4.61. The summed E-state index contributed by atoms with van der Waals surface area (Å²) in [7, 11) is 0. The summed E-state index contributed by atoms with van der Waals surface area (Å²) in [6.07, 6.45) is 6.04. The Labute approximate surface area is 240 Å². The first-order valence-electron chi connectivity index (χ1n) is 14.0. The van der Waals surface area contributed by atoms with Gasteiger partial charge in [0.2, 0.25) is 0 Å². The fourth-order valence-corrected chi connectivity index (χ4v) is 5.05. The van der Waals surface area contributed by atoms with Gasteiger partial charge in [-0.25, -0.2) is 4.39 Å². The van der Waals surface area contributed by atoms with E-state index in [0.29, 0.717) is 18.2 Å². The second-order valence-electron chi connectivity index (χ2n) is 11.9. The average molecular weight is 548 g/mol. The van der Waals surface area contributed by atoms with Crippen molar-refractivity contribution < 1.29 is 4.39 Å². The summed E-state index contributed by atoms with van der Waals surface area (Å²) < 4.78 is 13.9. The molecule has 1 fully saturated rings. The molecular formula is C33H34FN7. The van der Waals surface area contributed by atoms with Crippen LogP contribution in [0.5, 0.6) is 0 Å². The monoisotopic (exact) mass is 547 g/mol. The van der Waals surface area contributed by atoms with Gasteiger partial charge in [-0.1, -0.05) is 63.2 Å². The maximum Gasteiger partial charge on any atom is 0.123 e. The molecule has 2 aliphatic rings. The Bertz CT molecular complexity index is 1630. The van der Waals surface area contributed by atoms with Crippen molar-refractivity contribution in [2.45, 2.75) is 45.7 Å². The summed E-state index contributed by atoms with van der Waals surface area (Å²) in [5, 5.41) is 20.2. The lowest BCUT2D eigenvalue weighted by Gasteiger charge is -2.24. The summed E-state index contributed by atoms with van der Waals surface area (Å²) >= 11 is 0. The minimum Gasteiger partial charge on any atom is -0.383 e. The van der Waals surface area contributed by atoms with Crippen LogP contribution in [0.2, 0.25) is 0 Å². The molecule has 4 aromatic rings. The molecule has 0 bridgehead atoms. The van der Waals surface area contributed by atoms with Gasteiger partial charge >= 0.3 is 0 Å². The number of benzene rings is 3. The molecule has 208 valence electrons. The number of hydrogen-bond acceptors (Lipinski definition) is 7. The van der Waals surface area contributed by atoms with Crippen LogP contribution in [-0.2, 0) is 0 Å². The standard InChI is InChI=1S/C33H34FN7/c1-33(2,3)20-37-30-23(17-35)18-36-32-27(21-7-5-4-6-8-21)15-25(16-28(30)32)38-31(22-9-11-24(34)12-10-22)29-19-41(40-39-29)26-13-14-26/h4-12,15-16,18-19,26,31,38-40H,13-14,20H2,1-3H3,(H,36,37). The molecule has 1 unspecified atom stereocenters. The predicted octanol–water partition coefficient (Wildman–Crippen LogP) is 6.85. The molecule has 0 spiro atoms. The highest BCUT2D eigenvalue weighted by molar-refractivity contribution is 6.04. The first kappa shape index (κ1) is 26.6. The summed E-state index contributed by atoms with van der Waals surface area (Å²) in [6, 6.07) is 23.4. The molecule has 1 aliphatic heterocycles. The second-order valence-corrected chi connectivity index (χ2v) is 11.9. The highest BCUT2D eigenvalue weighted by Crippen LogP contribution is 2.38. The van der Waals surface area contributed by atoms with E-state index in [1.54, 1.807) is 18.3 Å². The Balaban J connectivity index is 1.49. The summed E-state index contributed by atoms with van der Waals surface area (Å²) in [5.41, 5.74) is 13.4. The van der Waals surface area contributed by atoms with Gasteiger partial charge in [-0.2, -0.15) is 5.26 Å². The Morgan fingerprint density at radius 2 is 1.85 bits per heavy atom. The van der Waals surface area contributed by atoms with E-state index in [4.69, 9.17) is 4.98 Å². The van der Waals surface area contributed by atoms with E-state index in [-0.39, 0.29) is 17.3 Å². The topological polar surface area (TPSA) is 88.0 Å². The molecule has 1 atom stereocenters. The third-order valence-electron chi connectivity index (χ3n) is 7.35. The Morgan fingerprint density at radius 3 is 2.54 bits per heavy atom. The Morgan fingerprint density at radius 1 is 1.10 bits per heavy atom. The molecule has 4 N–H and O–H groups in total. The van der Waals surface area contributed by atoms with Crippen LogP contribution in [0, 0.1) is 22.6 Å². The van der Waals surface area contributed by atoms with Gasteiger partial charge < -0.3 is 16.1 Å². The Kier molecular flexibility index (Phi) is 6.98. The van der Waals surface area contributed by atoms with Crippen LogP contribution >= 0.6 is 0 Å². The highest BCUT2D eigenvalue weighted by atomic mass is 19.1. The molecule has 1 saturated carbocycles. The molecule has 1 aromatic heterocycles. The lowest BCUT2D eigenvalue weighted by Crippen LogP contribution is -2.38. The zero-order chi connectivity index (χ0) is 28.6. The zero-order valence-corrected chi connectivity index (χ0v) is 23.5. The summed E-state index contributed by atoms with van der Waals surface area (Å²) in [6.45, 7) is 7.17. The normalized spacial score (nSPS) is 15.7. The van der Waals surface area contributed by atoms with Gasteiger partial charge in [-0.15, -0.1) is 5.53 Å². The molecule has 0 radical (unpaired) electrons. The number of nitrogens with zero attached hydrogens (tertiary/aromatic N) is 3. The van der Waals surface area contributed by atoms with Gasteiger partial charge in [-0.3, -0.25) is 9.99 Å². The SMILES string of the molecule is CC(C)(C)CNc1c(C#N)cnc2c(-c3ccccc3)cc(NC(C3=CN(C4CC4)NN3)c3ccc(F)cc3)cc12. The van der Waals surface area contributed by atoms with Crippen molar-refractivity contribution in [2.24, 2.45) is 5.41 Å². The van der Waals surface area contributed by atoms with Crippen LogP contribution in [0.15, 0.2) is 84.8 Å². The lowest BCUT2D eigenvalue weighted by atomic mass is 9.95. The van der Waals surface area contributed by atoms with Gasteiger partial charge in [-0.05, 0) is 53.6 Å². The number of nitrogens with one attached hydrogen (secondary N) is 4. The molecule has 3 aromatic carbocycles. The van der Waals surface area contributed by atoms with Crippen molar-refractivity contribution in [2.75, 3.05) is 17.2 Å². The van der Waals surface area contributed by atoms with Crippen LogP contribution in [0.3, 0.4) is 0 Å². The van der Waals surface area contributed by atoms with E-state index in [9.17, 15) is 9.65 Å². The van der Waals surface area contributed by atoms with Crippen LogP contribution < -0.4 is 21.6 Å². The van der Waals surface area contributed by atoms with Crippen LogP contribution in [0.1, 0.15) is 50.8 Å². The van der Waals surface area contributed by atoms with Gasteiger partial charge in [0.1, 0.15) is 11.9 Å². The minimum atomic E-state index is -0.286. The number of anilines is 2. The lowest BCUT2D eigenvalue weighted by molar-refractivity contribution is 0.260. The zero-order valence-electron chi connectivity index (χ0n) is 23.5. The maximum atomic E-state index is 13.9. The van der Waals surface area contributed by atoms with Gasteiger partial charge in [0.15, 0.2) is 0 Å². The number of halogens is 1. The fourth-order valence-electron chi connectivity index (χ4n) is 5.05. The molecule has 6 rings (SSSR count). The maximum absolute atomic E-state index is 13.9. The molecule has 7 nitrogen and oxygen atoms in total. The van der Waals surface area contributed by atoms with Crippen LogP contribution in [0.25, 0.3) is 22.0 Å². The number of pyridine rings is 1. The van der Waals surface area contributed by atoms with Crippen molar-refractivity contribution in [3.05, 3.63) is 102 Å². The molecule has 41 heavy (non-hydrogen) atoms. The van der Waals surface area contributed by atoms with Gasteiger partial charge in [0.05, 0.1) is 28.5 Å². The van der Waals surface area contributed by atoms with Crippen molar-refractivity contribution in [3.8, 4) is 17.2 Å². The fraction of sp³-hybridized carbons (Fsp3) is 0.273.